The molecule has 0 fully saturated rings. The van der Waals surface area contributed by atoms with Crippen LogP contribution < -0.4 is 21.7 Å². The Bertz CT molecular complexity index is 1590. The summed E-state index contributed by atoms with van der Waals surface area (Å²) in [6.07, 6.45) is 20.3. The number of nitrogens with zero attached hydrogens (tertiary/aromatic N) is 2. The second kappa shape index (κ2) is 64.7. The summed E-state index contributed by atoms with van der Waals surface area (Å²) in [5.41, 5.74) is 4.32. The predicted molar refractivity (Wildman–Crippen MR) is 294 cm³/mol. The molecular weight excluding hydrogens is 1070 g/mol. The number of terminal acetylenes is 4. The summed E-state index contributed by atoms with van der Waals surface area (Å²) in [5.74, 6) is 8.66. The number of alkyl carbamates (subject to hydrolysis) is 3. The number of carbonyl (C=O) groups excluding carboxylic acids is 4. The molecule has 450 valence electrons. The number of nitriles is 1. The Hall–Kier alpha value is -4.79. The number of rotatable bonds is 39. The molecule has 78 heavy (non-hydrogen) atoms. The van der Waals surface area contributed by atoms with E-state index in [1.165, 1.54) is 0 Å². The molecule has 0 aromatic rings. The molecule has 0 aromatic carbocycles. The molecule has 0 saturated heterocycles. The molecule has 5 unspecified atom stereocenters. The van der Waals surface area contributed by atoms with Crippen LogP contribution in [0.3, 0.4) is 0 Å². The van der Waals surface area contributed by atoms with Gasteiger partial charge in [0.05, 0.1) is 70.9 Å². The van der Waals surface area contributed by atoms with Crippen LogP contribution in [0.25, 0.3) is 0 Å². The summed E-state index contributed by atoms with van der Waals surface area (Å²) >= 11 is 4.70. The van der Waals surface area contributed by atoms with Gasteiger partial charge in [0.1, 0.15) is 12.2 Å². The predicted octanol–water partition coefficient (Wildman–Crippen LogP) is 3.15. The van der Waals surface area contributed by atoms with Crippen molar-refractivity contribution in [2.45, 2.75) is 123 Å². The molecule has 0 spiro atoms. The third-order valence-electron chi connectivity index (χ3n) is 8.31. The van der Waals surface area contributed by atoms with Gasteiger partial charge < -0.3 is 94.2 Å². The van der Waals surface area contributed by atoms with E-state index in [0.29, 0.717) is 105 Å². The average molecular weight is 1160 g/mol. The van der Waals surface area contributed by atoms with Crippen LogP contribution in [0.4, 0.5) is 19.2 Å². The van der Waals surface area contributed by atoms with Crippen molar-refractivity contribution in [3.05, 3.63) is 0 Å². The molecule has 0 aliphatic rings. The SMILES string of the molecule is C#CCOC(=O)Cl.C#CCOC(=O)NCCCOCC(CC)OP(OCCC#N)N(C(C)C)C(C)C.C#CCOC(=O)NCCCOCC(O)CC.C#CCOC(=O)NCCCOCC(O)CO.NCCCOCC(O)CO. The number of hydrogen-bond acceptors (Lipinski definition) is 22. The molecule has 27 heteroatoms. The van der Waals surface area contributed by atoms with Gasteiger partial charge in [-0.1, -0.05) is 37.5 Å². The second-order valence-corrected chi connectivity index (χ2v) is 17.5. The smallest absolute Gasteiger partial charge is 0.408 e. The highest BCUT2D eigenvalue weighted by molar-refractivity contribution is 7.44. The van der Waals surface area contributed by atoms with Crippen molar-refractivity contribution in [1.29, 1.82) is 5.26 Å². The zero-order valence-electron chi connectivity index (χ0n) is 46.4. The monoisotopic (exact) mass is 1160 g/mol. The van der Waals surface area contributed by atoms with Crippen LogP contribution in [0.15, 0.2) is 0 Å². The molecule has 0 rings (SSSR count). The molecule has 10 N–H and O–H groups in total. The van der Waals surface area contributed by atoms with E-state index in [9.17, 15) is 19.2 Å². The normalized spacial score (nSPS) is 12.0. The van der Waals surface area contributed by atoms with Crippen molar-refractivity contribution < 1.29 is 91.7 Å². The number of aliphatic hydroxyl groups excluding tert-OH is 5. The van der Waals surface area contributed by atoms with E-state index in [0.717, 1.165) is 12.8 Å². The number of ether oxygens (including phenoxy) is 8. The maximum absolute atomic E-state index is 11.3. The Morgan fingerprint density at radius 3 is 1.28 bits per heavy atom. The van der Waals surface area contributed by atoms with Gasteiger partial charge in [-0.15, -0.1) is 25.7 Å². The lowest BCUT2D eigenvalue weighted by Crippen LogP contribution is -2.35. The van der Waals surface area contributed by atoms with E-state index in [2.05, 4.69) is 92.3 Å². The third-order valence-corrected chi connectivity index (χ3v) is 10.6. The molecule has 5 atom stereocenters. The molecule has 0 saturated carbocycles. The summed E-state index contributed by atoms with van der Waals surface area (Å²) < 4.78 is 53.1. The van der Waals surface area contributed by atoms with Crippen LogP contribution in [0.2, 0.25) is 0 Å². The highest BCUT2D eigenvalue weighted by atomic mass is 35.5. The van der Waals surface area contributed by atoms with Crippen LogP contribution in [0.5, 0.6) is 0 Å². The molecule has 25 nitrogen and oxygen atoms in total. The second-order valence-electron chi connectivity index (χ2n) is 15.8. The van der Waals surface area contributed by atoms with Gasteiger partial charge in [0, 0.05) is 69.7 Å². The molecule has 0 aliphatic carbocycles. The minimum absolute atomic E-state index is 0.0228. The number of aliphatic hydroxyl groups is 5. The highest BCUT2D eigenvalue weighted by Crippen LogP contribution is 2.47. The largest absolute Gasteiger partial charge is 0.441 e. The topological polar surface area (TPSA) is 351 Å². The standard InChI is InChI=1S/C20H36N3O5P.C11H19NO4.C10H17NO5.C6H15NO3.C4H3ClO2/c1-7-13-26-20(24)22-12-10-14-25-16-19(8-2)28-29(27-15-9-11-21)23(17(3)4)18(5)6;1-3-7-16-11(14)12-6-5-8-15-9-10(13)4-2;1-2-5-16-10(14)11-4-3-6-15-8-9(13)7-12;7-2-1-3-10-5-6(9)4-8;1-2-3-7-4(5)6/h1,17-19H,8-10,12-16H2,2-6H3,(H,22,24);1,10,13H,4-9H2,2H3,(H,12,14);1,9,12-13H,3-8H2,(H,11,14);6,8-9H,1-5,7H2;1H,3H2. The summed E-state index contributed by atoms with van der Waals surface area (Å²) in [5, 5.41) is 60.0. The van der Waals surface area contributed by atoms with Crippen molar-refractivity contribution in [2.24, 2.45) is 5.73 Å². The summed E-state index contributed by atoms with van der Waals surface area (Å²) in [4.78, 5) is 42.6. The summed E-state index contributed by atoms with van der Waals surface area (Å²) in [6.45, 7) is 16.8. The first kappa shape index (κ1) is 82.0. The first-order valence-electron chi connectivity index (χ1n) is 25.2. The van der Waals surface area contributed by atoms with Crippen LogP contribution >= 0.6 is 20.1 Å². The van der Waals surface area contributed by atoms with Crippen LogP contribution in [0.1, 0.15) is 86.5 Å². The van der Waals surface area contributed by atoms with Crippen molar-refractivity contribution in [3.8, 4) is 55.4 Å². The van der Waals surface area contributed by atoms with Gasteiger partial charge >= 0.3 is 23.7 Å². The minimum Gasteiger partial charge on any atom is -0.441 e. The quantitative estimate of drug-likeness (QED) is 0.0140. The van der Waals surface area contributed by atoms with E-state index in [4.69, 9.17) is 107 Å². The lowest BCUT2D eigenvalue weighted by Gasteiger charge is -2.37. The van der Waals surface area contributed by atoms with Crippen LogP contribution in [-0.2, 0) is 46.9 Å². The van der Waals surface area contributed by atoms with E-state index < -0.39 is 50.5 Å². The number of nitrogens with two attached hydrogens (primary N) is 1. The maximum Gasteiger partial charge on any atom is 0.408 e. The average Bonchev–Trinajstić information content (AvgIpc) is 3.42. The Morgan fingerprint density at radius 2 is 0.974 bits per heavy atom. The van der Waals surface area contributed by atoms with Gasteiger partial charge in [0.2, 0.25) is 0 Å². The number of carbonyl (C=O) groups is 4. The zero-order chi connectivity index (χ0) is 60.0. The first-order chi connectivity index (χ1) is 37.3. The summed E-state index contributed by atoms with van der Waals surface area (Å²) in [6, 6.07) is 2.60. The maximum atomic E-state index is 11.3. The van der Waals surface area contributed by atoms with Gasteiger partial charge in [-0.2, -0.15) is 5.26 Å². The highest BCUT2D eigenvalue weighted by Gasteiger charge is 2.29. The van der Waals surface area contributed by atoms with E-state index in [1.54, 1.807) is 0 Å². The van der Waals surface area contributed by atoms with Crippen molar-refractivity contribution in [1.82, 2.24) is 20.6 Å². The lowest BCUT2D eigenvalue weighted by molar-refractivity contribution is 0.00577. The Kier molecular flexibility index (Phi) is 68.1. The molecule has 0 aliphatic heterocycles. The number of halogens is 1. The minimum atomic E-state index is -1.29. The number of amides is 3. The number of nitrogens with one attached hydrogen (secondary N) is 3. The van der Waals surface area contributed by atoms with Crippen molar-refractivity contribution in [2.75, 3.05) is 125 Å². The Morgan fingerprint density at radius 1 is 0.603 bits per heavy atom. The number of hydrogen-bond donors (Lipinski definition) is 9. The molecule has 0 heterocycles. The molecule has 0 radical (unpaired) electrons. The molecule has 0 aromatic heterocycles. The fourth-order valence-electron chi connectivity index (χ4n) is 4.59. The zero-order valence-corrected chi connectivity index (χ0v) is 48.1. The van der Waals surface area contributed by atoms with Gasteiger partial charge in [0.15, 0.2) is 26.4 Å². The fourth-order valence-corrected chi connectivity index (χ4v) is 6.42. The third kappa shape index (κ3) is 65.5. The van der Waals surface area contributed by atoms with Gasteiger partial charge in [-0.05, 0) is 72.8 Å². The van der Waals surface area contributed by atoms with Gasteiger partial charge in [-0.25, -0.2) is 23.8 Å². The van der Waals surface area contributed by atoms with E-state index >= 15 is 0 Å². The Labute approximate surface area is 469 Å². The van der Waals surface area contributed by atoms with Crippen LogP contribution in [-0.4, -0.2) is 216 Å². The molecule has 3 amide bonds. The first-order valence-corrected chi connectivity index (χ1v) is 26.7. The van der Waals surface area contributed by atoms with Crippen molar-refractivity contribution in [3.63, 3.8) is 0 Å². The fraction of sp³-hybridized carbons (Fsp3) is 0.745. The van der Waals surface area contributed by atoms with Gasteiger partial charge in [-0.3, -0.25) is 0 Å². The summed E-state index contributed by atoms with van der Waals surface area (Å²) in [7, 11) is -1.29. The lowest BCUT2D eigenvalue weighted by atomic mass is 10.3. The van der Waals surface area contributed by atoms with E-state index in [1.807, 2.05) is 13.8 Å². The van der Waals surface area contributed by atoms with Crippen molar-refractivity contribution >= 4 is 43.8 Å². The van der Waals surface area contributed by atoms with Gasteiger partial charge in [0.25, 0.3) is 8.53 Å². The van der Waals surface area contributed by atoms with Crippen LogP contribution in [0, 0.1) is 60.7 Å². The molecular formula is C51H90ClN6O19P. The Balaban J connectivity index is -0.000000310. The molecule has 0 bridgehead atoms. The van der Waals surface area contributed by atoms with E-state index in [-0.39, 0.29) is 71.0 Å².